The molecule has 1 unspecified atom stereocenters. The number of carbonyl (C=O) groups excluding carboxylic acids is 1. The van der Waals surface area contributed by atoms with Crippen molar-refractivity contribution in [3.63, 3.8) is 0 Å². The van der Waals surface area contributed by atoms with Gasteiger partial charge < -0.3 is 14.4 Å². The molecule has 2 bridgehead atoms. The molecule has 10 heteroatoms. The van der Waals surface area contributed by atoms with Crippen LogP contribution in [0.15, 0.2) is 5.38 Å². The van der Waals surface area contributed by atoms with Gasteiger partial charge in [0.05, 0.1) is 24.3 Å². The van der Waals surface area contributed by atoms with Gasteiger partial charge in [0.1, 0.15) is 16.5 Å². The highest BCUT2D eigenvalue weighted by Gasteiger charge is 2.65. The van der Waals surface area contributed by atoms with Crippen LogP contribution in [0.3, 0.4) is 0 Å². The van der Waals surface area contributed by atoms with Gasteiger partial charge in [-0.25, -0.2) is 13.4 Å². The predicted molar refractivity (Wildman–Crippen MR) is 91.1 cm³/mol. The number of likely N-dealkylation sites (tertiary alicyclic amines) is 1. The van der Waals surface area contributed by atoms with Crippen LogP contribution >= 0.6 is 11.3 Å². The second kappa shape index (κ2) is 5.98. The van der Waals surface area contributed by atoms with Gasteiger partial charge in [0.2, 0.25) is 10.0 Å². The highest BCUT2D eigenvalue weighted by atomic mass is 32.2. The number of ether oxygens (including phenoxy) is 2. The van der Waals surface area contributed by atoms with Crippen molar-refractivity contribution in [2.45, 2.75) is 30.3 Å². The first-order chi connectivity index (χ1) is 11.9. The number of fused-ring (bicyclic) bond motifs is 1. The summed E-state index contributed by atoms with van der Waals surface area (Å²) in [5.41, 5.74) is -0.412. The molecule has 0 N–H and O–H groups in total. The number of carbonyl (C=O) groups is 1. The Kier molecular flexibility index (Phi) is 4.15. The summed E-state index contributed by atoms with van der Waals surface area (Å²) in [7, 11) is -1.89. The molecule has 0 radical (unpaired) electrons. The fraction of sp³-hybridized carbons (Fsp3) is 0.733. The average Bonchev–Trinajstić information content (AvgIpc) is 3.16. The molecule has 1 aromatic rings. The van der Waals surface area contributed by atoms with Gasteiger partial charge in [-0.3, -0.25) is 4.79 Å². The molecule has 3 atom stereocenters. The topological polar surface area (TPSA) is 89.0 Å². The number of aromatic nitrogens is 1. The van der Waals surface area contributed by atoms with E-state index in [1.165, 1.54) is 15.6 Å². The first-order valence-corrected chi connectivity index (χ1v) is 10.6. The van der Waals surface area contributed by atoms with E-state index in [0.29, 0.717) is 31.8 Å². The number of hydrogen-bond donors (Lipinski definition) is 0. The lowest BCUT2D eigenvalue weighted by Crippen LogP contribution is -2.56. The largest absolute Gasteiger partial charge is 0.383 e. The summed E-state index contributed by atoms with van der Waals surface area (Å²) < 4.78 is 38.3. The maximum atomic E-state index is 12.8. The zero-order valence-electron chi connectivity index (χ0n) is 14.2. The van der Waals surface area contributed by atoms with Gasteiger partial charge in [0, 0.05) is 32.1 Å². The van der Waals surface area contributed by atoms with Crippen LogP contribution in [0, 0.1) is 6.92 Å². The van der Waals surface area contributed by atoms with Gasteiger partial charge in [-0.05, 0) is 13.3 Å². The standard InChI is InChI=1S/C15H21N3O5S2/c1-10-16-12(7-24-10)14(19)17-6-11-5-13-15(8-17,23-11)9-18(3-4-22-2)25(13,20)21/h7,11,13H,3-6,8-9H2,1-2H3/t11-,13+,15?/m1/s1. The van der Waals surface area contributed by atoms with E-state index in [0.717, 1.165) is 5.01 Å². The quantitative estimate of drug-likeness (QED) is 0.728. The van der Waals surface area contributed by atoms with E-state index < -0.39 is 20.9 Å². The summed E-state index contributed by atoms with van der Waals surface area (Å²) in [5.74, 6) is -0.148. The van der Waals surface area contributed by atoms with Crippen molar-refractivity contribution in [1.82, 2.24) is 14.2 Å². The third-order valence-corrected chi connectivity index (χ3v) is 8.33. The van der Waals surface area contributed by atoms with Crippen LogP contribution in [-0.4, -0.2) is 85.4 Å². The maximum Gasteiger partial charge on any atom is 0.273 e. The summed E-state index contributed by atoms with van der Waals surface area (Å²) in [6.07, 6.45) is 0.202. The second-order valence-corrected chi connectivity index (χ2v) is 10.0. The monoisotopic (exact) mass is 387 g/mol. The zero-order valence-corrected chi connectivity index (χ0v) is 15.8. The van der Waals surface area contributed by atoms with Crippen LogP contribution in [0.1, 0.15) is 21.9 Å². The average molecular weight is 387 g/mol. The first kappa shape index (κ1) is 17.3. The molecule has 1 spiro atoms. The molecule has 0 saturated carbocycles. The number of nitrogens with zero attached hydrogens (tertiary/aromatic N) is 3. The Balaban J connectivity index is 1.58. The van der Waals surface area contributed by atoms with E-state index in [-0.39, 0.29) is 25.1 Å². The number of morpholine rings is 1. The lowest BCUT2D eigenvalue weighted by atomic mass is 9.99. The molecule has 1 amide bonds. The molecule has 1 aromatic heterocycles. The molecular weight excluding hydrogens is 366 g/mol. The molecule has 25 heavy (non-hydrogen) atoms. The Labute approximate surface area is 150 Å². The Morgan fingerprint density at radius 1 is 1.52 bits per heavy atom. The summed E-state index contributed by atoms with van der Waals surface area (Å²) in [6.45, 7) is 3.49. The highest BCUT2D eigenvalue weighted by Crippen LogP contribution is 2.46. The van der Waals surface area contributed by atoms with Crippen LogP contribution < -0.4 is 0 Å². The summed E-state index contributed by atoms with van der Waals surface area (Å²) in [4.78, 5) is 18.7. The van der Waals surface area contributed by atoms with Crippen molar-refractivity contribution < 1.29 is 22.7 Å². The number of hydrogen-bond acceptors (Lipinski definition) is 7. The predicted octanol–water partition coefficient (Wildman–Crippen LogP) is 0.0954. The Morgan fingerprint density at radius 3 is 3.00 bits per heavy atom. The molecule has 138 valence electrons. The van der Waals surface area contributed by atoms with Gasteiger partial charge >= 0.3 is 0 Å². The van der Waals surface area contributed by atoms with Gasteiger partial charge in [0.15, 0.2) is 0 Å². The summed E-state index contributed by atoms with van der Waals surface area (Å²) in [5, 5.41) is 2.00. The van der Waals surface area contributed by atoms with E-state index in [9.17, 15) is 13.2 Å². The number of rotatable bonds is 4. The van der Waals surface area contributed by atoms with E-state index in [4.69, 9.17) is 9.47 Å². The van der Waals surface area contributed by atoms with Crippen molar-refractivity contribution in [3.05, 3.63) is 16.1 Å². The van der Waals surface area contributed by atoms with Crippen LogP contribution in [0.2, 0.25) is 0 Å². The van der Waals surface area contributed by atoms with Crippen molar-refractivity contribution >= 4 is 27.3 Å². The van der Waals surface area contributed by atoms with Crippen LogP contribution in [0.5, 0.6) is 0 Å². The number of sulfonamides is 1. The van der Waals surface area contributed by atoms with E-state index in [2.05, 4.69) is 4.98 Å². The van der Waals surface area contributed by atoms with Gasteiger partial charge in [-0.2, -0.15) is 4.31 Å². The Bertz CT molecular complexity index is 795. The Morgan fingerprint density at radius 2 is 2.32 bits per heavy atom. The third kappa shape index (κ3) is 2.71. The van der Waals surface area contributed by atoms with Gasteiger partial charge in [-0.15, -0.1) is 11.3 Å². The number of methoxy groups -OCH3 is 1. The van der Waals surface area contributed by atoms with E-state index in [1.807, 2.05) is 6.92 Å². The third-order valence-electron chi connectivity index (χ3n) is 5.18. The van der Waals surface area contributed by atoms with Crippen molar-refractivity contribution in [1.29, 1.82) is 0 Å². The minimum atomic E-state index is -3.43. The minimum absolute atomic E-state index is 0.148. The fourth-order valence-corrected chi connectivity index (χ4v) is 7.00. The van der Waals surface area contributed by atoms with Crippen LogP contribution in [0.25, 0.3) is 0 Å². The van der Waals surface area contributed by atoms with Crippen molar-refractivity contribution in [3.8, 4) is 0 Å². The molecule has 8 nitrogen and oxygen atoms in total. The SMILES string of the molecule is COCCN1CC23CN(C(=O)c4csc(C)n4)C[C@@H](C[C@@H]2S1(=O)=O)O3. The summed E-state index contributed by atoms with van der Waals surface area (Å²) in [6, 6.07) is 0. The molecule has 3 aliphatic rings. The van der Waals surface area contributed by atoms with Crippen LogP contribution in [-0.2, 0) is 19.5 Å². The van der Waals surface area contributed by atoms with E-state index in [1.54, 1.807) is 17.4 Å². The number of thiazole rings is 1. The van der Waals surface area contributed by atoms with Gasteiger partial charge in [-0.1, -0.05) is 0 Å². The summed E-state index contributed by atoms with van der Waals surface area (Å²) >= 11 is 1.43. The lowest BCUT2D eigenvalue weighted by molar-refractivity contribution is -0.0982. The molecular formula is C15H21N3O5S2. The molecule has 0 aromatic carbocycles. The van der Waals surface area contributed by atoms with Crippen LogP contribution in [0.4, 0.5) is 0 Å². The zero-order chi connectivity index (χ0) is 17.8. The normalized spacial score (nSPS) is 33.6. The van der Waals surface area contributed by atoms with Crippen molar-refractivity contribution in [2.24, 2.45) is 0 Å². The molecule has 3 aliphatic heterocycles. The minimum Gasteiger partial charge on any atom is -0.383 e. The lowest BCUT2D eigenvalue weighted by Gasteiger charge is -2.39. The fourth-order valence-electron chi connectivity index (χ4n) is 4.12. The highest BCUT2D eigenvalue weighted by molar-refractivity contribution is 7.90. The second-order valence-electron chi connectivity index (χ2n) is 6.84. The maximum absolute atomic E-state index is 12.8. The molecule has 0 aliphatic carbocycles. The molecule has 4 rings (SSSR count). The van der Waals surface area contributed by atoms with Crippen molar-refractivity contribution in [2.75, 3.05) is 39.9 Å². The first-order valence-electron chi connectivity index (χ1n) is 8.23. The molecule has 3 fully saturated rings. The Hall–Kier alpha value is -1.07. The van der Waals surface area contributed by atoms with E-state index >= 15 is 0 Å². The molecule has 3 saturated heterocycles. The molecule has 4 heterocycles. The smallest absolute Gasteiger partial charge is 0.273 e. The number of amides is 1. The number of aryl methyl sites for hydroxylation is 1. The van der Waals surface area contributed by atoms with Gasteiger partial charge in [0.25, 0.3) is 5.91 Å².